The first-order chi connectivity index (χ1) is 9.88. The summed E-state index contributed by atoms with van der Waals surface area (Å²) in [6, 6.07) is 20.1. The number of nitrogens with zero attached hydrogens (tertiary/aromatic N) is 1. The molecule has 0 spiro atoms. The Morgan fingerprint density at radius 1 is 0.950 bits per heavy atom. The molecule has 1 heterocycles. The summed E-state index contributed by atoms with van der Waals surface area (Å²) in [6.07, 6.45) is -0.248. The van der Waals surface area contributed by atoms with Crippen LogP contribution in [0.3, 0.4) is 0 Å². The summed E-state index contributed by atoms with van der Waals surface area (Å²) in [5.41, 5.74) is 1.19. The minimum absolute atomic E-state index is 0.00492. The Kier molecular flexibility index (Phi) is 4.00. The van der Waals surface area contributed by atoms with E-state index in [0.29, 0.717) is 0 Å². The second-order valence-electron chi connectivity index (χ2n) is 5.04. The molecular formula is C17H19NO2. The molecule has 0 unspecified atom stereocenters. The van der Waals surface area contributed by atoms with E-state index in [-0.39, 0.29) is 18.8 Å². The number of aliphatic hydroxyl groups excluding tert-OH is 1. The van der Waals surface area contributed by atoms with E-state index in [1.165, 1.54) is 5.56 Å². The molecule has 0 saturated carbocycles. The van der Waals surface area contributed by atoms with Gasteiger partial charge in [0.05, 0.1) is 12.6 Å². The fourth-order valence-electron chi connectivity index (χ4n) is 2.52. The maximum atomic E-state index is 9.74. The van der Waals surface area contributed by atoms with Crippen LogP contribution in [-0.4, -0.2) is 35.8 Å². The van der Waals surface area contributed by atoms with Gasteiger partial charge in [-0.05, 0) is 17.7 Å². The summed E-state index contributed by atoms with van der Waals surface area (Å²) >= 11 is 0. The zero-order valence-electron chi connectivity index (χ0n) is 11.4. The number of aliphatic hydroxyl groups is 1. The van der Waals surface area contributed by atoms with Gasteiger partial charge in [-0.2, -0.15) is 0 Å². The molecule has 3 nitrogen and oxygen atoms in total. The summed E-state index contributed by atoms with van der Waals surface area (Å²) < 4.78 is 5.99. The minimum atomic E-state index is -0.248. The minimum Gasteiger partial charge on any atom is -0.486 e. The summed E-state index contributed by atoms with van der Waals surface area (Å²) in [4.78, 5) is 2.32. The number of hydrogen-bond donors (Lipinski definition) is 1. The Morgan fingerprint density at radius 3 is 2.10 bits per heavy atom. The van der Waals surface area contributed by atoms with Gasteiger partial charge in [0.15, 0.2) is 0 Å². The van der Waals surface area contributed by atoms with Gasteiger partial charge in [-0.1, -0.05) is 48.5 Å². The lowest BCUT2D eigenvalue weighted by atomic mass is 10.0. The largest absolute Gasteiger partial charge is 0.486 e. The molecular weight excluding hydrogens is 250 g/mol. The Bertz CT molecular complexity index is 525. The molecule has 1 fully saturated rings. The van der Waals surface area contributed by atoms with Gasteiger partial charge >= 0.3 is 0 Å². The van der Waals surface area contributed by atoms with Crippen molar-refractivity contribution in [2.24, 2.45) is 0 Å². The number of ether oxygens (including phenoxy) is 1. The van der Waals surface area contributed by atoms with E-state index in [1.54, 1.807) is 0 Å². The lowest BCUT2D eigenvalue weighted by Crippen LogP contribution is -2.33. The van der Waals surface area contributed by atoms with Gasteiger partial charge in [-0.15, -0.1) is 0 Å². The highest BCUT2D eigenvalue weighted by Crippen LogP contribution is 2.31. The van der Waals surface area contributed by atoms with Crippen LogP contribution in [-0.2, 0) is 0 Å². The first kappa shape index (κ1) is 13.2. The van der Waals surface area contributed by atoms with Crippen molar-refractivity contribution in [1.29, 1.82) is 0 Å². The van der Waals surface area contributed by atoms with Crippen LogP contribution in [0.5, 0.6) is 5.75 Å². The highest BCUT2D eigenvalue weighted by atomic mass is 16.5. The molecule has 3 rings (SSSR count). The van der Waals surface area contributed by atoms with Crippen LogP contribution in [0.25, 0.3) is 0 Å². The van der Waals surface area contributed by atoms with E-state index in [4.69, 9.17) is 4.74 Å². The van der Waals surface area contributed by atoms with E-state index in [9.17, 15) is 5.11 Å². The Balaban J connectivity index is 1.82. The highest BCUT2D eigenvalue weighted by Gasteiger charge is 2.36. The SMILES string of the molecule is OC[C@@H](Oc1ccccc1)[C@@H](c1ccccc1)N1CC1. The topological polar surface area (TPSA) is 32.5 Å². The molecule has 2 aromatic carbocycles. The fourth-order valence-corrected chi connectivity index (χ4v) is 2.52. The molecule has 0 amide bonds. The molecule has 1 N–H and O–H groups in total. The molecule has 1 aliphatic heterocycles. The van der Waals surface area contributed by atoms with Crippen molar-refractivity contribution in [3.8, 4) is 5.75 Å². The van der Waals surface area contributed by atoms with Gasteiger partial charge in [-0.25, -0.2) is 0 Å². The highest BCUT2D eigenvalue weighted by molar-refractivity contribution is 5.25. The second kappa shape index (κ2) is 6.07. The Labute approximate surface area is 119 Å². The maximum absolute atomic E-state index is 9.74. The van der Waals surface area contributed by atoms with Gasteiger partial charge in [-0.3, -0.25) is 4.90 Å². The predicted molar refractivity (Wildman–Crippen MR) is 78.7 cm³/mol. The molecule has 2 aromatic rings. The predicted octanol–water partition coefficient (Wildman–Crippen LogP) is 2.48. The van der Waals surface area contributed by atoms with Crippen LogP contribution in [0.15, 0.2) is 60.7 Å². The Morgan fingerprint density at radius 2 is 1.55 bits per heavy atom. The van der Waals surface area contributed by atoms with Crippen LogP contribution in [0.2, 0.25) is 0 Å². The molecule has 104 valence electrons. The zero-order chi connectivity index (χ0) is 13.8. The molecule has 3 heteroatoms. The first-order valence-electron chi connectivity index (χ1n) is 7.00. The fraction of sp³-hybridized carbons (Fsp3) is 0.294. The lowest BCUT2D eigenvalue weighted by molar-refractivity contribution is 0.0631. The molecule has 2 atom stereocenters. The van der Waals surface area contributed by atoms with Gasteiger partial charge in [0.2, 0.25) is 0 Å². The first-order valence-corrected chi connectivity index (χ1v) is 7.00. The van der Waals surface area contributed by atoms with Crippen LogP contribution in [0, 0.1) is 0 Å². The van der Waals surface area contributed by atoms with Crippen LogP contribution < -0.4 is 4.74 Å². The van der Waals surface area contributed by atoms with Gasteiger partial charge in [0.25, 0.3) is 0 Å². The quantitative estimate of drug-likeness (QED) is 0.818. The van der Waals surface area contributed by atoms with E-state index in [0.717, 1.165) is 18.8 Å². The number of hydrogen-bond acceptors (Lipinski definition) is 3. The van der Waals surface area contributed by atoms with Crippen molar-refractivity contribution in [2.45, 2.75) is 12.1 Å². The smallest absolute Gasteiger partial charge is 0.141 e. The molecule has 0 aromatic heterocycles. The maximum Gasteiger partial charge on any atom is 0.141 e. The van der Waals surface area contributed by atoms with Crippen molar-refractivity contribution in [3.05, 3.63) is 66.2 Å². The third-order valence-corrected chi connectivity index (χ3v) is 3.58. The van der Waals surface area contributed by atoms with E-state index in [1.807, 2.05) is 48.5 Å². The number of rotatable bonds is 6. The average Bonchev–Trinajstić information content (AvgIpc) is 3.33. The summed E-state index contributed by atoms with van der Waals surface area (Å²) in [5, 5.41) is 9.74. The molecule has 1 saturated heterocycles. The molecule has 0 aliphatic carbocycles. The monoisotopic (exact) mass is 269 g/mol. The van der Waals surface area contributed by atoms with Crippen molar-refractivity contribution in [3.63, 3.8) is 0 Å². The molecule has 0 bridgehead atoms. The van der Waals surface area contributed by atoms with Gasteiger partial charge < -0.3 is 9.84 Å². The van der Waals surface area contributed by atoms with Crippen molar-refractivity contribution in [2.75, 3.05) is 19.7 Å². The lowest BCUT2D eigenvalue weighted by Gasteiger charge is -2.28. The van der Waals surface area contributed by atoms with Crippen LogP contribution in [0.4, 0.5) is 0 Å². The van der Waals surface area contributed by atoms with Gasteiger partial charge in [0.1, 0.15) is 11.9 Å². The molecule has 0 radical (unpaired) electrons. The molecule has 20 heavy (non-hydrogen) atoms. The average molecular weight is 269 g/mol. The normalized spacial score (nSPS) is 17.4. The third-order valence-electron chi connectivity index (χ3n) is 3.58. The summed E-state index contributed by atoms with van der Waals surface area (Å²) in [7, 11) is 0. The summed E-state index contributed by atoms with van der Waals surface area (Å²) in [5.74, 6) is 0.800. The van der Waals surface area contributed by atoms with Crippen LogP contribution >= 0.6 is 0 Å². The second-order valence-corrected chi connectivity index (χ2v) is 5.04. The van der Waals surface area contributed by atoms with Crippen LogP contribution in [0.1, 0.15) is 11.6 Å². The Hall–Kier alpha value is -1.84. The van der Waals surface area contributed by atoms with E-state index >= 15 is 0 Å². The van der Waals surface area contributed by atoms with E-state index < -0.39 is 0 Å². The van der Waals surface area contributed by atoms with Crippen molar-refractivity contribution >= 4 is 0 Å². The number of benzene rings is 2. The summed E-state index contributed by atoms with van der Waals surface area (Å²) in [6.45, 7) is 2.13. The third kappa shape index (κ3) is 3.00. The number of para-hydroxylation sites is 1. The standard InChI is InChI=1S/C17H19NO2/c19-13-16(20-15-9-5-2-6-10-15)17(18-11-12-18)14-7-3-1-4-8-14/h1-10,16-17,19H,11-13H2/t16-,17-/m1/s1. The van der Waals surface area contributed by atoms with Crippen molar-refractivity contribution in [1.82, 2.24) is 4.90 Å². The zero-order valence-corrected chi connectivity index (χ0v) is 11.4. The van der Waals surface area contributed by atoms with Crippen molar-refractivity contribution < 1.29 is 9.84 Å². The van der Waals surface area contributed by atoms with E-state index in [2.05, 4.69) is 17.0 Å². The van der Waals surface area contributed by atoms with Gasteiger partial charge in [0, 0.05) is 13.1 Å². The molecule has 1 aliphatic rings.